The van der Waals surface area contributed by atoms with Gasteiger partial charge in [0.1, 0.15) is 5.69 Å². The zero-order chi connectivity index (χ0) is 11.5. The maximum atomic E-state index is 11.8. The first-order valence-corrected chi connectivity index (χ1v) is 5.99. The molecule has 0 aliphatic heterocycles. The van der Waals surface area contributed by atoms with E-state index in [1.807, 2.05) is 20.9 Å². The summed E-state index contributed by atoms with van der Waals surface area (Å²) < 4.78 is 1.76. The molecule has 0 aliphatic rings. The van der Waals surface area contributed by atoms with Crippen molar-refractivity contribution in [3.05, 3.63) is 18.2 Å². The average molecular weight is 274 g/mol. The highest BCUT2D eigenvalue weighted by molar-refractivity contribution is 9.09. The number of hydrogen-bond acceptors (Lipinski definition) is 2. The predicted octanol–water partition coefficient (Wildman–Crippen LogP) is 1.71. The maximum Gasteiger partial charge on any atom is 0.271 e. The number of carbonyl (C=O) groups excluding carboxylic acids is 1. The molecule has 15 heavy (non-hydrogen) atoms. The Hall–Kier alpha value is -0.840. The van der Waals surface area contributed by atoms with Crippen LogP contribution in [0.3, 0.4) is 0 Å². The normalized spacial score (nSPS) is 14.7. The van der Waals surface area contributed by atoms with Crippen molar-refractivity contribution in [2.75, 3.05) is 5.33 Å². The van der Waals surface area contributed by atoms with Crippen molar-refractivity contribution in [1.82, 2.24) is 14.9 Å². The highest BCUT2D eigenvalue weighted by Crippen LogP contribution is 2.13. The highest BCUT2D eigenvalue weighted by Gasteiger charge is 2.24. The second-order valence-corrected chi connectivity index (χ2v) is 4.49. The van der Waals surface area contributed by atoms with Crippen LogP contribution in [0, 0.1) is 0 Å². The van der Waals surface area contributed by atoms with Crippen LogP contribution in [0.1, 0.15) is 30.8 Å². The first-order chi connectivity index (χ1) is 7.00. The van der Waals surface area contributed by atoms with Crippen molar-refractivity contribution < 1.29 is 4.79 Å². The zero-order valence-electron chi connectivity index (χ0n) is 9.25. The third-order valence-corrected chi connectivity index (χ3v) is 3.67. The molecule has 84 valence electrons. The maximum absolute atomic E-state index is 11.8. The molecule has 5 heteroatoms. The van der Waals surface area contributed by atoms with E-state index in [2.05, 4.69) is 26.2 Å². The Balaban J connectivity index is 2.71. The van der Waals surface area contributed by atoms with Crippen LogP contribution >= 0.6 is 15.9 Å². The van der Waals surface area contributed by atoms with E-state index in [0.29, 0.717) is 5.69 Å². The Morgan fingerprint density at radius 1 is 1.73 bits per heavy atom. The molecule has 0 bridgehead atoms. The average Bonchev–Trinajstić information content (AvgIpc) is 2.65. The number of rotatable bonds is 4. The fourth-order valence-electron chi connectivity index (χ4n) is 1.08. The second kappa shape index (κ2) is 4.79. The summed E-state index contributed by atoms with van der Waals surface area (Å²) in [5.74, 6) is -0.126. The summed E-state index contributed by atoms with van der Waals surface area (Å²) in [6, 6.07) is 0. The largest absolute Gasteiger partial charge is 0.345 e. The first kappa shape index (κ1) is 12.2. The van der Waals surface area contributed by atoms with Crippen LogP contribution in [0.15, 0.2) is 12.5 Å². The summed E-state index contributed by atoms with van der Waals surface area (Å²) in [6.07, 6.45) is 4.20. The van der Waals surface area contributed by atoms with Crippen molar-refractivity contribution in [3.8, 4) is 0 Å². The molecule has 1 aromatic heterocycles. The van der Waals surface area contributed by atoms with Gasteiger partial charge in [-0.1, -0.05) is 22.9 Å². The third-order valence-electron chi connectivity index (χ3n) is 2.43. The lowest BCUT2D eigenvalue weighted by molar-refractivity contribution is 0.0908. The molecular weight excluding hydrogens is 258 g/mol. The van der Waals surface area contributed by atoms with Gasteiger partial charge in [-0.2, -0.15) is 0 Å². The van der Waals surface area contributed by atoms with Crippen LogP contribution in [0.25, 0.3) is 0 Å². The van der Waals surface area contributed by atoms with Gasteiger partial charge in [0, 0.05) is 24.1 Å². The number of amides is 1. The van der Waals surface area contributed by atoms with Crippen molar-refractivity contribution in [3.63, 3.8) is 0 Å². The van der Waals surface area contributed by atoms with Gasteiger partial charge in [-0.3, -0.25) is 4.79 Å². The van der Waals surface area contributed by atoms with E-state index in [1.54, 1.807) is 17.1 Å². The zero-order valence-corrected chi connectivity index (χ0v) is 10.8. The van der Waals surface area contributed by atoms with E-state index in [4.69, 9.17) is 0 Å². The molecule has 0 radical (unpaired) electrons. The number of nitrogens with zero attached hydrogens (tertiary/aromatic N) is 2. The van der Waals surface area contributed by atoms with Gasteiger partial charge in [-0.05, 0) is 13.3 Å². The summed E-state index contributed by atoms with van der Waals surface area (Å²) in [5.41, 5.74) is 0.243. The Labute approximate surface area is 98.2 Å². The monoisotopic (exact) mass is 273 g/mol. The predicted molar refractivity (Wildman–Crippen MR) is 63.2 cm³/mol. The molecule has 1 rings (SSSR count). The lowest BCUT2D eigenvalue weighted by Crippen LogP contribution is -2.47. The van der Waals surface area contributed by atoms with Gasteiger partial charge in [0.05, 0.1) is 6.33 Å². The van der Waals surface area contributed by atoms with Crippen molar-refractivity contribution in [2.45, 2.75) is 25.8 Å². The quantitative estimate of drug-likeness (QED) is 0.850. The molecule has 1 atom stereocenters. The smallest absolute Gasteiger partial charge is 0.271 e. The molecule has 1 N–H and O–H groups in total. The number of halogens is 1. The minimum Gasteiger partial charge on any atom is -0.345 e. The van der Waals surface area contributed by atoms with Crippen molar-refractivity contribution >= 4 is 21.8 Å². The number of aromatic nitrogens is 2. The molecule has 4 nitrogen and oxygen atoms in total. The van der Waals surface area contributed by atoms with Crippen LogP contribution in [-0.4, -0.2) is 26.3 Å². The SMILES string of the molecule is CCC(C)(CBr)NC(=O)c1cn(C)cn1. The molecular formula is C10H16BrN3O. The Morgan fingerprint density at radius 3 is 2.80 bits per heavy atom. The van der Waals surface area contributed by atoms with E-state index in [0.717, 1.165) is 11.8 Å². The fourth-order valence-corrected chi connectivity index (χ4v) is 1.62. The number of aryl methyl sites for hydroxylation is 1. The lowest BCUT2D eigenvalue weighted by Gasteiger charge is -2.26. The molecule has 1 aromatic rings. The van der Waals surface area contributed by atoms with Crippen LogP contribution in [-0.2, 0) is 7.05 Å². The lowest BCUT2D eigenvalue weighted by atomic mass is 10.0. The molecule has 0 spiro atoms. The van der Waals surface area contributed by atoms with E-state index in [-0.39, 0.29) is 11.4 Å². The minimum atomic E-state index is -0.214. The number of alkyl halides is 1. The Bertz CT molecular complexity index is 344. The molecule has 1 heterocycles. The molecule has 0 saturated heterocycles. The van der Waals surface area contributed by atoms with Crippen LogP contribution in [0.4, 0.5) is 0 Å². The summed E-state index contributed by atoms with van der Waals surface area (Å²) in [6.45, 7) is 4.04. The number of imidazole rings is 1. The number of carbonyl (C=O) groups is 1. The van der Waals surface area contributed by atoms with Gasteiger partial charge >= 0.3 is 0 Å². The van der Waals surface area contributed by atoms with Crippen molar-refractivity contribution in [2.24, 2.45) is 7.05 Å². The molecule has 0 aliphatic carbocycles. The first-order valence-electron chi connectivity index (χ1n) is 4.87. The second-order valence-electron chi connectivity index (χ2n) is 3.93. The molecule has 0 aromatic carbocycles. The van der Waals surface area contributed by atoms with Gasteiger partial charge in [-0.15, -0.1) is 0 Å². The summed E-state index contributed by atoms with van der Waals surface area (Å²) in [5, 5.41) is 3.69. The van der Waals surface area contributed by atoms with Gasteiger partial charge < -0.3 is 9.88 Å². The Kier molecular flexibility index (Phi) is 3.90. The van der Waals surface area contributed by atoms with E-state index in [1.165, 1.54) is 0 Å². The standard InChI is InChI=1S/C10H16BrN3O/c1-4-10(2,6-11)13-9(15)8-5-14(3)7-12-8/h5,7H,4,6H2,1-3H3,(H,13,15). The number of nitrogens with one attached hydrogen (secondary N) is 1. The van der Waals surface area contributed by atoms with Crippen LogP contribution in [0.2, 0.25) is 0 Å². The van der Waals surface area contributed by atoms with Gasteiger partial charge in [0.25, 0.3) is 5.91 Å². The minimum absolute atomic E-state index is 0.126. The topological polar surface area (TPSA) is 46.9 Å². The third kappa shape index (κ3) is 3.06. The molecule has 0 saturated carbocycles. The van der Waals surface area contributed by atoms with Crippen LogP contribution < -0.4 is 5.32 Å². The summed E-state index contributed by atoms with van der Waals surface area (Å²) in [7, 11) is 1.84. The Morgan fingerprint density at radius 2 is 2.40 bits per heavy atom. The van der Waals surface area contributed by atoms with Crippen molar-refractivity contribution in [1.29, 1.82) is 0 Å². The number of hydrogen-bond donors (Lipinski definition) is 1. The highest BCUT2D eigenvalue weighted by atomic mass is 79.9. The summed E-state index contributed by atoms with van der Waals surface area (Å²) in [4.78, 5) is 15.8. The van der Waals surface area contributed by atoms with Gasteiger partial charge in [-0.25, -0.2) is 4.98 Å². The molecule has 0 fully saturated rings. The van der Waals surface area contributed by atoms with E-state index in [9.17, 15) is 4.79 Å². The summed E-state index contributed by atoms with van der Waals surface area (Å²) >= 11 is 3.40. The fraction of sp³-hybridized carbons (Fsp3) is 0.600. The van der Waals surface area contributed by atoms with Gasteiger partial charge in [0.2, 0.25) is 0 Å². The van der Waals surface area contributed by atoms with Crippen LogP contribution in [0.5, 0.6) is 0 Å². The van der Waals surface area contributed by atoms with E-state index < -0.39 is 0 Å². The van der Waals surface area contributed by atoms with E-state index >= 15 is 0 Å². The van der Waals surface area contributed by atoms with Gasteiger partial charge in [0.15, 0.2) is 0 Å². The molecule has 1 amide bonds. The molecule has 1 unspecified atom stereocenters.